The molecule has 3 N–H and O–H groups in total. The average molecular weight is 642 g/mol. The number of phenolic OH excluding ortho intramolecular Hbond substituents is 1. The summed E-state index contributed by atoms with van der Waals surface area (Å²) in [5.41, 5.74) is 3.51. The average Bonchev–Trinajstić information content (AvgIpc) is 3.00. The van der Waals surface area contributed by atoms with Crippen LogP contribution < -0.4 is 15.0 Å². The maximum atomic E-state index is 13.6. The number of carbonyl (C=O) groups excluding carboxylic acids is 2. The number of nitrogens with one attached hydrogen (secondary N) is 1. The standard InChI is InChI=1S/C28H26BrClN2O3.C3H4O3/c1-28(2)14-20-25(23(34)15-28)27(32(3)21-8-6-9-22(33)26(21)31-20)17-12-11-16(13-19(17)30)35-24-10-5-4-7-18(24)29;4-2-1-3(5)6/h4-13,27,31,33H,14-15H2,1-3H3;2H,1H2,(H,5,6). The number of carboxylic acid groups (broad SMARTS) is 1. The first-order valence-electron chi connectivity index (χ1n) is 12.9. The second-order valence-electron chi connectivity index (χ2n) is 10.6. The predicted octanol–water partition coefficient (Wildman–Crippen LogP) is 7.51. The van der Waals surface area contributed by atoms with Crippen molar-refractivity contribution in [2.24, 2.45) is 5.41 Å². The smallest absolute Gasteiger partial charge is 0.310 e. The molecule has 0 fully saturated rings. The van der Waals surface area contributed by atoms with Gasteiger partial charge in [0.2, 0.25) is 0 Å². The summed E-state index contributed by atoms with van der Waals surface area (Å²) in [5.74, 6) is 0.429. The largest absolute Gasteiger partial charge is 0.506 e. The molecule has 0 bridgehead atoms. The molecule has 3 aromatic carbocycles. The van der Waals surface area contributed by atoms with Crippen molar-refractivity contribution in [1.29, 1.82) is 0 Å². The van der Waals surface area contributed by atoms with Gasteiger partial charge in [0.05, 0.1) is 16.2 Å². The molecule has 1 heterocycles. The summed E-state index contributed by atoms with van der Waals surface area (Å²) in [4.78, 5) is 34.2. The Balaban J connectivity index is 0.000000585. The molecule has 1 aliphatic carbocycles. The minimum Gasteiger partial charge on any atom is -0.506 e. The lowest BCUT2D eigenvalue weighted by Crippen LogP contribution is -2.34. The third kappa shape index (κ3) is 6.74. The van der Waals surface area contributed by atoms with Crippen molar-refractivity contribution < 1.29 is 29.3 Å². The summed E-state index contributed by atoms with van der Waals surface area (Å²) in [5, 5.41) is 22.2. The fourth-order valence-corrected chi connectivity index (χ4v) is 5.72. The molecule has 0 saturated heterocycles. The Morgan fingerprint density at radius 1 is 1.17 bits per heavy atom. The molecule has 0 spiro atoms. The Morgan fingerprint density at radius 2 is 1.90 bits per heavy atom. The third-order valence-electron chi connectivity index (χ3n) is 6.85. The van der Waals surface area contributed by atoms with Gasteiger partial charge in [0.25, 0.3) is 0 Å². The minimum atomic E-state index is -1.08. The van der Waals surface area contributed by atoms with Crippen molar-refractivity contribution in [3.63, 3.8) is 0 Å². The Kier molecular flexibility index (Phi) is 9.09. The van der Waals surface area contributed by atoms with E-state index in [1.54, 1.807) is 18.2 Å². The SMILES string of the molecule is CN1c2cccc(O)c2NC2=C(C(=O)CC(C)(C)C2)C1c1ccc(Oc2ccccc2Br)cc1Cl.O=CCC(=O)O. The van der Waals surface area contributed by atoms with Crippen LogP contribution in [0.4, 0.5) is 11.4 Å². The van der Waals surface area contributed by atoms with Crippen molar-refractivity contribution >= 4 is 56.9 Å². The van der Waals surface area contributed by atoms with E-state index in [2.05, 4.69) is 35.1 Å². The molecule has 8 nitrogen and oxygen atoms in total. The number of Topliss-reactive ketones (excluding diaryl/α,β-unsaturated/α-hetero) is 1. The van der Waals surface area contributed by atoms with Crippen LogP contribution in [0, 0.1) is 5.41 Å². The number of aromatic hydroxyl groups is 1. The van der Waals surface area contributed by atoms with Crippen LogP contribution in [0.5, 0.6) is 17.2 Å². The van der Waals surface area contributed by atoms with E-state index in [0.29, 0.717) is 46.9 Å². The lowest BCUT2D eigenvalue weighted by Gasteiger charge is -2.36. The van der Waals surface area contributed by atoms with Crippen LogP contribution in [-0.4, -0.2) is 35.3 Å². The predicted molar refractivity (Wildman–Crippen MR) is 162 cm³/mol. The number of ketones is 1. The molecule has 3 aromatic rings. The zero-order valence-corrected chi connectivity index (χ0v) is 25.1. The molecular formula is C31H30BrClN2O6. The van der Waals surface area contributed by atoms with E-state index in [-0.39, 0.29) is 23.4 Å². The lowest BCUT2D eigenvalue weighted by molar-refractivity contribution is -0.138. The number of nitrogens with zero attached hydrogens (tertiary/aromatic N) is 1. The van der Waals surface area contributed by atoms with E-state index >= 15 is 0 Å². The van der Waals surface area contributed by atoms with Crippen molar-refractivity contribution in [3.8, 4) is 17.2 Å². The van der Waals surface area contributed by atoms with E-state index < -0.39 is 12.0 Å². The number of carbonyl (C=O) groups is 3. The van der Waals surface area contributed by atoms with Crippen LogP contribution in [0.2, 0.25) is 5.02 Å². The summed E-state index contributed by atoms with van der Waals surface area (Å²) in [6.45, 7) is 4.18. The quantitative estimate of drug-likeness (QED) is 0.149. The number of aldehydes is 1. The van der Waals surface area contributed by atoms with Gasteiger partial charge in [0.15, 0.2) is 5.78 Å². The highest BCUT2D eigenvalue weighted by atomic mass is 79.9. The Morgan fingerprint density at radius 3 is 2.54 bits per heavy atom. The van der Waals surface area contributed by atoms with Gasteiger partial charge in [-0.3, -0.25) is 9.59 Å². The number of likely N-dealkylation sites (N-methyl/N-ethyl adjacent to an activating group) is 1. The van der Waals surface area contributed by atoms with Crippen molar-refractivity contribution in [2.75, 3.05) is 17.3 Å². The second kappa shape index (κ2) is 12.4. The molecule has 0 amide bonds. The number of hydrogen-bond donors (Lipinski definition) is 3. The molecule has 0 saturated carbocycles. The number of carboxylic acids is 1. The fourth-order valence-electron chi connectivity index (χ4n) is 5.08. The number of benzene rings is 3. The number of aliphatic carboxylic acids is 1. The van der Waals surface area contributed by atoms with Crippen LogP contribution in [0.1, 0.15) is 44.7 Å². The number of fused-ring (bicyclic) bond motifs is 1. The van der Waals surface area contributed by atoms with Crippen LogP contribution in [-0.2, 0) is 14.4 Å². The molecule has 0 radical (unpaired) electrons. The highest BCUT2D eigenvalue weighted by Crippen LogP contribution is 2.50. The highest BCUT2D eigenvalue weighted by Gasteiger charge is 2.41. The van der Waals surface area contributed by atoms with Crippen molar-refractivity contribution in [3.05, 3.63) is 87.0 Å². The first-order valence-corrected chi connectivity index (χ1v) is 14.0. The van der Waals surface area contributed by atoms with Crippen LogP contribution >= 0.6 is 27.5 Å². The molecule has 41 heavy (non-hydrogen) atoms. The molecule has 1 atom stereocenters. The summed E-state index contributed by atoms with van der Waals surface area (Å²) in [6, 6.07) is 18.1. The number of anilines is 2. The van der Waals surface area contributed by atoms with Gasteiger partial charge in [-0.25, -0.2) is 0 Å². The zero-order valence-electron chi connectivity index (χ0n) is 22.8. The van der Waals surface area contributed by atoms with Crippen LogP contribution in [0.15, 0.2) is 76.4 Å². The number of rotatable bonds is 5. The first kappa shape index (κ1) is 30.1. The summed E-state index contributed by atoms with van der Waals surface area (Å²) >= 11 is 10.4. The van der Waals surface area contributed by atoms with Gasteiger partial charge in [0.1, 0.15) is 35.6 Å². The third-order valence-corrected chi connectivity index (χ3v) is 7.83. The lowest BCUT2D eigenvalue weighted by atomic mass is 9.73. The second-order valence-corrected chi connectivity index (χ2v) is 11.9. The Hall–Kier alpha value is -3.82. The molecule has 2 aliphatic rings. The van der Waals surface area contributed by atoms with E-state index in [9.17, 15) is 19.5 Å². The van der Waals surface area contributed by atoms with Gasteiger partial charge in [-0.1, -0.05) is 49.7 Å². The molecule has 5 rings (SSSR count). The van der Waals surface area contributed by atoms with Gasteiger partial charge in [-0.2, -0.15) is 0 Å². The normalized spacial score (nSPS) is 17.2. The van der Waals surface area contributed by atoms with Gasteiger partial charge in [-0.15, -0.1) is 0 Å². The van der Waals surface area contributed by atoms with Crippen LogP contribution in [0.25, 0.3) is 0 Å². The van der Waals surface area contributed by atoms with E-state index in [1.807, 2.05) is 54.4 Å². The zero-order chi connectivity index (χ0) is 29.9. The van der Waals surface area contributed by atoms with E-state index in [0.717, 1.165) is 21.4 Å². The van der Waals surface area contributed by atoms with E-state index in [1.165, 1.54) is 0 Å². The number of ether oxygens (including phenoxy) is 1. The molecule has 1 unspecified atom stereocenters. The molecule has 1 aliphatic heterocycles. The molecule has 10 heteroatoms. The van der Waals surface area contributed by atoms with Gasteiger partial charge in [0, 0.05) is 29.8 Å². The van der Waals surface area contributed by atoms with Gasteiger partial charge in [-0.05, 0) is 69.7 Å². The number of halogens is 2. The Labute approximate surface area is 251 Å². The van der Waals surface area contributed by atoms with Crippen molar-refractivity contribution in [1.82, 2.24) is 0 Å². The molecular weight excluding hydrogens is 612 g/mol. The minimum absolute atomic E-state index is 0.0810. The number of hydrogen-bond acceptors (Lipinski definition) is 7. The molecule has 0 aromatic heterocycles. The van der Waals surface area contributed by atoms with Crippen LogP contribution in [0.3, 0.4) is 0 Å². The summed E-state index contributed by atoms with van der Waals surface area (Å²) in [6.07, 6.45) is 1.09. The number of allylic oxidation sites excluding steroid dienone is 1. The maximum absolute atomic E-state index is 13.6. The summed E-state index contributed by atoms with van der Waals surface area (Å²) in [7, 11) is 1.93. The Bertz CT molecular complexity index is 1540. The highest BCUT2D eigenvalue weighted by molar-refractivity contribution is 9.10. The monoisotopic (exact) mass is 640 g/mol. The summed E-state index contributed by atoms with van der Waals surface area (Å²) < 4.78 is 6.89. The van der Waals surface area contributed by atoms with E-state index in [4.69, 9.17) is 21.4 Å². The first-order chi connectivity index (χ1) is 19.4. The van der Waals surface area contributed by atoms with Gasteiger partial charge < -0.3 is 30.0 Å². The topological polar surface area (TPSA) is 116 Å². The number of phenols is 1. The van der Waals surface area contributed by atoms with Gasteiger partial charge >= 0.3 is 5.97 Å². The maximum Gasteiger partial charge on any atom is 0.310 e. The molecule has 214 valence electrons. The fraction of sp³-hybridized carbons (Fsp3) is 0.258. The number of para-hydroxylation sites is 2. The van der Waals surface area contributed by atoms with Crippen molar-refractivity contribution in [2.45, 2.75) is 39.2 Å².